The fourth-order valence-electron chi connectivity index (χ4n) is 4.27. The Morgan fingerprint density at radius 3 is 2.70 bits per heavy atom. The lowest BCUT2D eigenvalue weighted by molar-refractivity contribution is 0.156. The van der Waals surface area contributed by atoms with Gasteiger partial charge in [0.05, 0.1) is 13.2 Å². The van der Waals surface area contributed by atoms with Crippen LogP contribution in [0.3, 0.4) is 0 Å². The summed E-state index contributed by atoms with van der Waals surface area (Å²) in [5, 5.41) is 3.45. The zero-order valence-electron chi connectivity index (χ0n) is 17.7. The molecule has 4 rings (SSSR count). The molecule has 2 fully saturated rings. The first-order chi connectivity index (χ1) is 14.3. The van der Waals surface area contributed by atoms with Crippen LogP contribution < -0.4 is 10.1 Å². The summed E-state index contributed by atoms with van der Waals surface area (Å²) in [5.74, 6) is 1.90. The van der Waals surface area contributed by atoms with Gasteiger partial charge in [0.1, 0.15) is 12.4 Å². The molecule has 5 nitrogen and oxygen atoms in total. The summed E-state index contributed by atoms with van der Waals surface area (Å²) in [7, 11) is 0. The molecule has 6 heteroatoms. The van der Waals surface area contributed by atoms with Crippen molar-refractivity contribution in [2.24, 2.45) is 10.4 Å². The average molecular weight is 521 g/mol. The van der Waals surface area contributed by atoms with Gasteiger partial charge in [-0.1, -0.05) is 48.5 Å². The van der Waals surface area contributed by atoms with Gasteiger partial charge in [-0.3, -0.25) is 0 Å². The van der Waals surface area contributed by atoms with Gasteiger partial charge >= 0.3 is 0 Å². The Morgan fingerprint density at radius 1 is 1.13 bits per heavy atom. The average Bonchev–Trinajstić information content (AvgIpc) is 3.41. The minimum Gasteiger partial charge on any atom is -0.491 e. The van der Waals surface area contributed by atoms with E-state index in [4.69, 9.17) is 14.5 Å². The third-order valence-electron chi connectivity index (χ3n) is 5.84. The number of hydrogen-bond donors (Lipinski definition) is 1. The summed E-state index contributed by atoms with van der Waals surface area (Å²) < 4.78 is 11.8. The highest BCUT2D eigenvalue weighted by Gasteiger charge is 2.42. The number of guanidine groups is 1. The van der Waals surface area contributed by atoms with Crippen molar-refractivity contribution in [1.82, 2.24) is 10.2 Å². The summed E-state index contributed by atoms with van der Waals surface area (Å²) >= 11 is 0. The SMILES string of the molecule is CCNC(=NCCOc1ccccc1-c1ccccc1)N1CCC2(CCOC2)C1.I. The van der Waals surface area contributed by atoms with Gasteiger partial charge in [-0.25, -0.2) is 4.99 Å². The smallest absolute Gasteiger partial charge is 0.194 e. The van der Waals surface area contributed by atoms with Crippen LogP contribution in [-0.4, -0.2) is 56.9 Å². The minimum absolute atomic E-state index is 0. The van der Waals surface area contributed by atoms with E-state index in [1.165, 1.54) is 18.4 Å². The molecule has 0 amide bonds. The van der Waals surface area contributed by atoms with Crippen LogP contribution in [0.4, 0.5) is 0 Å². The molecule has 2 aromatic rings. The van der Waals surface area contributed by atoms with Crippen LogP contribution in [0.25, 0.3) is 11.1 Å². The number of nitrogens with one attached hydrogen (secondary N) is 1. The van der Waals surface area contributed by atoms with Crippen molar-refractivity contribution in [1.29, 1.82) is 0 Å². The monoisotopic (exact) mass is 521 g/mol. The van der Waals surface area contributed by atoms with Gasteiger partial charge in [0.25, 0.3) is 0 Å². The lowest BCUT2D eigenvalue weighted by Crippen LogP contribution is -2.41. The fraction of sp³-hybridized carbons (Fsp3) is 0.458. The number of hydrogen-bond acceptors (Lipinski definition) is 3. The summed E-state index contributed by atoms with van der Waals surface area (Å²) in [4.78, 5) is 7.22. The van der Waals surface area contributed by atoms with Gasteiger partial charge < -0.3 is 19.7 Å². The minimum atomic E-state index is 0. The third-order valence-corrected chi connectivity index (χ3v) is 5.84. The van der Waals surface area contributed by atoms with E-state index in [9.17, 15) is 0 Å². The molecule has 30 heavy (non-hydrogen) atoms. The maximum atomic E-state index is 6.10. The van der Waals surface area contributed by atoms with Crippen LogP contribution in [0.5, 0.6) is 5.75 Å². The Kier molecular flexibility index (Phi) is 8.39. The predicted molar refractivity (Wildman–Crippen MR) is 133 cm³/mol. The first-order valence-corrected chi connectivity index (χ1v) is 10.7. The maximum absolute atomic E-state index is 6.10. The normalized spacial score (nSPS) is 21.0. The van der Waals surface area contributed by atoms with Crippen LogP contribution in [-0.2, 0) is 4.74 Å². The van der Waals surface area contributed by atoms with Crippen LogP contribution in [0, 0.1) is 5.41 Å². The number of nitrogens with zero attached hydrogens (tertiary/aromatic N) is 2. The number of halogens is 1. The lowest BCUT2D eigenvalue weighted by Gasteiger charge is -2.25. The molecule has 1 N–H and O–H groups in total. The quantitative estimate of drug-likeness (QED) is 0.265. The van der Waals surface area contributed by atoms with E-state index in [2.05, 4.69) is 47.5 Å². The van der Waals surface area contributed by atoms with Crippen molar-refractivity contribution >= 4 is 29.9 Å². The summed E-state index contributed by atoms with van der Waals surface area (Å²) in [5.41, 5.74) is 2.62. The molecule has 2 aliphatic heterocycles. The molecule has 0 aromatic heterocycles. The molecule has 2 heterocycles. The summed E-state index contributed by atoms with van der Waals surface area (Å²) in [6.45, 7) is 8.05. The van der Waals surface area contributed by atoms with Crippen molar-refractivity contribution in [2.45, 2.75) is 19.8 Å². The Morgan fingerprint density at radius 2 is 1.93 bits per heavy atom. The molecule has 0 radical (unpaired) electrons. The van der Waals surface area contributed by atoms with Crippen molar-refractivity contribution in [3.05, 3.63) is 54.6 Å². The second-order valence-electron chi connectivity index (χ2n) is 7.92. The molecule has 2 aromatic carbocycles. The number of rotatable bonds is 6. The van der Waals surface area contributed by atoms with Crippen molar-refractivity contribution in [3.8, 4) is 16.9 Å². The second kappa shape index (κ2) is 11.0. The summed E-state index contributed by atoms with van der Waals surface area (Å²) in [6, 6.07) is 18.6. The Balaban J connectivity index is 0.00000256. The maximum Gasteiger partial charge on any atom is 0.194 e. The number of ether oxygens (including phenoxy) is 2. The van der Waals surface area contributed by atoms with Gasteiger partial charge in [-0.2, -0.15) is 0 Å². The van der Waals surface area contributed by atoms with Crippen LogP contribution in [0.1, 0.15) is 19.8 Å². The molecule has 2 saturated heterocycles. The molecule has 162 valence electrons. The van der Waals surface area contributed by atoms with Gasteiger partial charge in [-0.05, 0) is 31.4 Å². The van der Waals surface area contributed by atoms with E-state index in [-0.39, 0.29) is 24.0 Å². The highest BCUT2D eigenvalue weighted by Crippen LogP contribution is 2.38. The largest absolute Gasteiger partial charge is 0.491 e. The zero-order valence-corrected chi connectivity index (χ0v) is 20.0. The molecule has 0 aliphatic carbocycles. The number of aliphatic imine (C=N–C) groups is 1. The Labute approximate surface area is 196 Å². The second-order valence-corrected chi connectivity index (χ2v) is 7.92. The highest BCUT2D eigenvalue weighted by atomic mass is 127. The van der Waals surface area contributed by atoms with Crippen LogP contribution in [0.2, 0.25) is 0 Å². The van der Waals surface area contributed by atoms with Crippen molar-refractivity contribution in [3.63, 3.8) is 0 Å². The molecule has 1 spiro atoms. The first-order valence-electron chi connectivity index (χ1n) is 10.7. The topological polar surface area (TPSA) is 46.1 Å². The molecule has 1 unspecified atom stereocenters. The number of para-hydroxylation sites is 1. The lowest BCUT2D eigenvalue weighted by atomic mass is 9.87. The molecule has 0 saturated carbocycles. The molecule has 1 atom stereocenters. The standard InChI is InChI=1S/C24H31N3O2.HI/c1-2-25-23(27-15-12-24(18-27)13-16-28-19-24)26-14-17-29-22-11-7-6-10-21(22)20-8-4-3-5-9-20;/h3-11H,2,12-19H2,1H3,(H,25,26);1H. The molecule has 0 bridgehead atoms. The Bertz CT molecular complexity index is 822. The van der Waals surface area contributed by atoms with E-state index in [1.807, 2.05) is 24.3 Å². The summed E-state index contributed by atoms with van der Waals surface area (Å²) in [6.07, 6.45) is 2.36. The van der Waals surface area contributed by atoms with E-state index in [0.717, 1.165) is 50.1 Å². The van der Waals surface area contributed by atoms with Crippen molar-refractivity contribution in [2.75, 3.05) is 46.0 Å². The number of likely N-dealkylation sites (tertiary alicyclic amines) is 1. The van der Waals surface area contributed by atoms with Gasteiger partial charge in [0.15, 0.2) is 5.96 Å². The van der Waals surface area contributed by atoms with E-state index >= 15 is 0 Å². The predicted octanol–water partition coefficient (Wildman–Crippen LogP) is 4.43. The fourth-order valence-corrected chi connectivity index (χ4v) is 4.27. The molecular formula is C24H32IN3O2. The highest BCUT2D eigenvalue weighted by molar-refractivity contribution is 14.0. The third kappa shape index (κ3) is 5.46. The zero-order chi connectivity index (χ0) is 19.9. The molecule has 2 aliphatic rings. The van der Waals surface area contributed by atoms with E-state index in [1.54, 1.807) is 0 Å². The Hall–Kier alpha value is -1.80. The van der Waals surface area contributed by atoms with E-state index < -0.39 is 0 Å². The van der Waals surface area contributed by atoms with Crippen LogP contribution in [0.15, 0.2) is 59.6 Å². The van der Waals surface area contributed by atoms with Gasteiger partial charge in [0.2, 0.25) is 0 Å². The number of benzene rings is 2. The van der Waals surface area contributed by atoms with Crippen molar-refractivity contribution < 1.29 is 9.47 Å². The van der Waals surface area contributed by atoms with Gasteiger partial charge in [-0.15, -0.1) is 24.0 Å². The first kappa shape index (κ1) is 22.9. The molecular weight excluding hydrogens is 489 g/mol. The van der Waals surface area contributed by atoms with E-state index in [0.29, 0.717) is 18.6 Å². The van der Waals surface area contributed by atoms with Gasteiger partial charge in [0, 0.05) is 37.2 Å². The van der Waals surface area contributed by atoms with Crippen LogP contribution >= 0.6 is 24.0 Å².